The molecule has 0 radical (unpaired) electrons. The summed E-state index contributed by atoms with van der Waals surface area (Å²) < 4.78 is 0. The molecular weight excluding hydrogens is 154 g/mol. The van der Waals surface area contributed by atoms with E-state index >= 15 is 0 Å². The zero-order valence-electron chi connectivity index (χ0n) is 8.06. The van der Waals surface area contributed by atoms with Crippen molar-refractivity contribution in [3.8, 4) is 0 Å². The molecule has 0 N–H and O–H groups in total. The lowest BCUT2D eigenvalue weighted by molar-refractivity contribution is -0.111. The van der Waals surface area contributed by atoms with E-state index in [4.69, 9.17) is 0 Å². The Morgan fingerprint density at radius 2 is 1.82 bits per heavy atom. The lowest BCUT2D eigenvalue weighted by atomic mass is 10.3. The Kier molecular flexibility index (Phi) is 3.65. The van der Waals surface area contributed by atoms with Crippen molar-refractivity contribution >= 4 is 19.2 Å². The van der Waals surface area contributed by atoms with E-state index in [0.29, 0.717) is 11.8 Å². The van der Waals surface area contributed by atoms with E-state index in [1.807, 2.05) is 6.92 Å². The lowest BCUT2D eigenvalue weighted by Gasteiger charge is -2.13. The quantitative estimate of drug-likeness (QED) is 0.471. The molecule has 0 fully saturated rings. The van der Waals surface area contributed by atoms with Gasteiger partial charge in [0.2, 0.25) is 0 Å². The molecule has 0 amide bonds. The maximum atomic E-state index is 11.4. The summed E-state index contributed by atoms with van der Waals surface area (Å²) in [7, 11) is 0.170. The van der Waals surface area contributed by atoms with E-state index in [1.54, 1.807) is 7.05 Å². The monoisotopic (exact) mass is 171 g/mol. The van der Waals surface area contributed by atoms with E-state index in [9.17, 15) is 4.79 Å². The van der Waals surface area contributed by atoms with Crippen LogP contribution in [0.5, 0.6) is 0 Å². The number of carbonyl (C=O) groups excluding carboxylic acids is 1. The van der Waals surface area contributed by atoms with E-state index in [-0.39, 0.29) is 0 Å². The summed E-state index contributed by atoms with van der Waals surface area (Å²) in [6, 6.07) is 0. The van der Waals surface area contributed by atoms with Gasteiger partial charge >= 0.3 is 0 Å². The third kappa shape index (κ3) is 4.09. The van der Waals surface area contributed by atoms with Crippen molar-refractivity contribution in [2.75, 3.05) is 7.05 Å². The Labute approximate surface area is 69.7 Å². The van der Waals surface area contributed by atoms with E-state index in [1.165, 1.54) is 0 Å². The molecule has 0 atom stereocenters. The molecule has 0 saturated heterocycles. The SMILES string of the molecule is CN=C(C)CC(=O)[Si](C)(C)C. The molecule has 2 nitrogen and oxygen atoms in total. The highest BCUT2D eigenvalue weighted by molar-refractivity contribution is 7.03. The standard InChI is InChI=1S/C8H17NOSi/c1-7(9-2)6-8(10)11(3,4)5/h6H2,1-5H3. The van der Waals surface area contributed by atoms with Crippen molar-refractivity contribution in [1.29, 1.82) is 0 Å². The predicted octanol–water partition coefficient (Wildman–Crippen LogP) is 1.91. The van der Waals surface area contributed by atoms with E-state index in [0.717, 1.165) is 5.71 Å². The minimum atomic E-state index is -1.56. The van der Waals surface area contributed by atoms with Gasteiger partial charge in [-0.05, 0) is 6.92 Å². The van der Waals surface area contributed by atoms with E-state index < -0.39 is 8.07 Å². The average molecular weight is 171 g/mol. The molecular formula is C8H17NOSi. The van der Waals surface area contributed by atoms with Crippen LogP contribution in [0.15, 0.2) is 4.99 Å². The van der Waals surface area contributed by atoms with Crippen LogP contribution in [-0.4, -0.2) is 26.2 Å². The molecule has 0 aromatic heterocycles. The number of nitrogens with zero attached hydrogens (tertiary/aromatic N) is 1. The fourth-order valence-electron chi connectivity index (χ4n) is 0.577. The minimum Gasteiger partial charge on any atom is -0.305 e. The lowest BCUT2D eigenvalue weighted by Crippen LogP contribution is -2.34. The highest BCUT2D eigenvalue weighted by Crippen LogP contribution is 2.05. The second kappa shape index (κ2) is 3.81. The van der Waals surface area contributed by atoms with Crippen molar-refractivity contribution in [3.05, 3.63) is 0 Å². The van der Waals surface area contributed by atoms with Gasteiger partial charge in [0.15, 0.2) is 0 Å². The first-order valence-corrected chi connectivity index (χ1v) is 7.33. The van der Waals surface area contributed by atoms with Gasteiger partial charge in [-0.15, -0.1) is 0 Å². The second-order valence-corrected chi connectivity index (χ2v) is 8.87. The van der Waals surface area contributed by atoms with Gasteiger partial charge in [-0.3, -0.25) is 4.99 Å². The van der Waals surface area contributed by atoms with Gasteiger partial charge in [-0.2, -0.15) is 0 Å². The van der Waals surface area contributed by atoms with Gasteiger partial charge in [-0.25, -0.2) is 0 Å². The van der Waals surface area contributed by atoms with Crippen molar-refractivity contribution in [3.63, 3.8) is 0 Å². The van der Waals surface area contributed by atoms with Crippen LogP contribution >= 0.6 is 0 Å². The van der Waals surface area contributed by atoms with Crippen LogP contribution in [0.2, 0.25) is 19.6 Å². The number of hydrogen-bond acceptors (Lipinski definition) is 2. The third-order valence-electron chi connectivity index (χ3n) is 1.63. The summed E-state index contributed by atoms with van der Waals surface area (Å²) in [6.07, 6.45) is 0.548. The normalized spacial score (nSPS) is 13.4. The topological polar surface area (TPSA) is 29.4 Å². The number of rotatable bonds is 3. The summed E-state index contributed by atoms with van der Waals surface area (Å²) >= 11 is 0. The van der Waals surface area contributed by atoms with Crippen molar-refractivity contribution < 1.29 is 4.79 Å². The molecule has 0 heterocycles. The summed E-state index contributed by atoms with van der Waals surface area (Å²) in [4.78, 5) is 15.4. The fraction of sp³-hybridized carbons (Fsp3) is 0.750. The predicted molar refractivity (Wildman–Crippen MR) is 52.0 cm³/mol. The molecule has 0 saturated carbocycles. The van der Waals surface area contributed by atoms with Crippen LogP contribution in [0.25, 0.3) is 0 Å². The van der Waals surface area contributed by atoms with Gasteiger partial charge in [0.25, 0.3) is 0 Å². The molecule has 0 aliphatic heterocycles. The fourth-order valence-corrected chi connectivity index (χ4v) is 1.36. The first-order valence-electron chi connectivity index (χ1n) is 3.83. The van der Waals surface area contributed by atoms with Crippen molar-refractivity contribution in [2.45, 2.75) is 33.0 Å². The van der Waals surface area contributed by atoms with Crippen LogP contribution in [0.4, 0.5) is 0 Å². The Morgan fingerprint density at radius 3 is 2.09 bits per heavy atom. The Bertz CT molecular complexity index is 179. The molecule has 0 aliphatic carbocycles. The van der Waals surface area contributed by atoms with Crippen molar-refractivity contribution in [2.24, 2.45) is 4.99 Å². The highest BCUT2D eigenvalue weighted by Gasteiger charge is 2.23. The molecule has 64 valence electrons. The average Bonchev–Trinajstić information content (AvgIpc) is 1.85. The molecule has 0 spiro atoms. The Hall–Kier alpha value is -0.443. The first kappa shape index (κ1) is 10.6. The minimum absolute atomic E-state index is 0.389. The largest absolute Gasteiger partial charge is 0.305 e. The van der Waals surface area contributed by atoms with Crippen LogP contribution in [0.3, 0.4) is 0 Å². The number of aliphatic imine (C=N–C) groups is 1. The molecule has 0 bridgehead atoms. The van der Waals surface area contributed by atoms with Gasteiger partial charge in [0, 0.05) is 19.2 Å². The molecule has 3 heteroatoms. The van der Waals surface area contributed by atoms with Gasteiger partial charge < -0.3 is 4.79 Å². The Morgan fingerprint density at radius 1 is 1.36 bits per heavy atom. The van der Waals surface area contributed by atoms with Crippen LogP contribution in [-0.2, 0) is 4.79 Å². The maximum absolute atomic E-state index is 11.4. The summed E-state index contributed by atoms with van der Waals surface area (Å²) in [5.74, 6) is 0. The van der Waals surface area contributed by atoms with E-state index in [2.05, 4.69) is 24.6 Å². The zero-order valence-corrected chi connectivity index (χ0v) is 9.06. The van der Waals surface area contributed by atoms with Gasteiger partial charge in [0.1, 0.15) is 13.5 Å². The second-order valence-electron chi connectivity index (χ2n) is 3.81. The van der Waals surface area contributed by atoms with Crippen LogP contribution in [0, 0.1) is 0 Å². The maximum Gasteiger partial charge on any atom is 0.124 e. The zero-order chi connectivity index (χ0) is 9.07. The summed E-state index contributed by atoms with van der Waals surface area (Å²) in [5.41, 5.74) is 0.942. The molecule has 0 aromatic carbocycles. The van der Waals surface area contributed by atoms with Crippen LogP contribution in [0.1, 0.15) is 13.3 Å². The van der Waals surface area contributed by atoms with Gasteiger partial charge in [0.05, 0.1) is 0 Å². The summed E-state index contributed by atoms with van der Waals surface area (Å²) in [5, 5.41) is 0.389. The molecule has 0 rings (SSSR count). The van der Waals surface area contributed by atoms with Crippen LogP contribution < -0.4 is 0 Å². The number of carbonyl (C=O) groups is 1. The molecule has 11 heavy (non-hydrogen) atoms. The molecule has 0 aromatic rings. The molecule has 0 unspecified atom stereocenters. The highest BCUT2D eigenvalue weighted by atomic mass is 28.3. The first-order chi connectivity index (χ1) is 4.88. The van der Waals surface area contributed by atoms with Crippen molar-refractivity contribution in [1.82, 2.24) is 0 Å². The summed E-state index contributed by atoms with van der Waals surface area (Å²) in [6.45, 7) is 8.10. The third-order valence-corrected chi connectivity index (χ3v) is 3.48. The van der Waals surface area contributed by atoms with Gasteiger partial charge in [-0.1, -0.05) is 19.6 Å². The molecule has 0 aliphatic rings. The smallest absolute Gasteiger partial charge is 0.124 e. The number of hydrogen-bond donors (Lipinski definition) is 0. The Balaban J connectivity index is 4.10.